The van der Waals surface area contributed by atoms with Gasteiger partial charge in [0.15, 0.2) is 10.8 Å². The molecule has 0 spiro atoms. The number of pyridine rings is 1. The maximum absolute atomic E-state index is 11.9. The Morgan fingerprint density at radius 2 is 1.96 bits per heavy atom. The van der Waals surface area contributed by atoms with Crippen molar-refractivity contribution in [2.75, 3.05) is 0 Å². The fourth-order valence-corrected chi connectivity index (χ4v) is 3.58. The fraction of sp³-hybridized carbons (Fsp3) is 0.167. The van der Waals surface area contributed by atoms with Crippen LogP contribution >= 0.6 is 11.8 Å². The minimum absolute atomic E-state index is 0.326. The number of hydrogen-bond acceptors (Lipinski definition) is 5. The number of rotatable bonds is 3. The molecule has 4 rings (SSSR count). The summed E-state index contributed by atoms with van der Waals surface area (Å²) in [6.45, 7) is 4.07. The van der Waals surface area contributed by atoms with E-state index >= 15 is 0 Å². The first-order valence-electron chi connectivity index (χ1n) is 7.58. The van der Waals surface area contributed by atoms with Crippen LogP contribution in [0.4, 0.5) is 0 Å². The lowest BCUT2D eigenvalue weighted by Crippen LogP contribution is -2.01. The highest BCUT2D eigenvalue weighted by Crippen LogP contribution is 2.27. The van der Waals surface area contributed by atoms with Crippen LogP contribution < -0.4 is 5.63 Å². The van der Waals surface area contributed by atoms with Crippen LogP contribution in [-0.2, 0) is 5.75 Å². The van der Waals surface area contributed by atoms with Crippen LogP contribution in [-0.4, -0.2) is 14.6 Å². The summed E-state index contributed by atoms with van der Waals surface area (Å²) in [5.74, 6) is 0.625. The summed E-state index contributed by atoms with van der Waals surface area (Å²) in [6.07, 6.45) is 1.93. The third-order valence-electron chi connectivity index (χ3n) is 4.08. The van der Waals surface area contributed by atoms with Crippen molar-refractivity contribution in [2.45, 2.75) is 24.8 Å². The van der Waals surface area contributed by atoms with Gasteiger partial charge in [-0.25, -0.2) is 4.79 Å². The number of aromatic nitrogens is 3. The molecule has 6 heteroatoms. The molecule has 0 unspecified atom stereocenters. The van der Waals surface area contributed by atoms with Crippen molar-refractivity contribution in [3.8, 4) is 0 Å². The van der Waals surface area contributed by atoms with Gasteiger partial charge >= 0.3 is 5.63 Å². The van der Waals surface area contributed by atoms with Crippen LogP contribution in [0.2, 0.25) is 0 Å². The maximum atomic E-state index is 11.9. The van der Waals surface area contributed by atoms with E-state index in [-0.39, 0.29) is 5.63 Å². The van der Waals surface area contributed by atoms with E-state index in [4.69, 9.17) is 4.42 Å². The van der Waals surface area contributed by atoms with Gasteiger partial charge in [0.05, 0.1) is 0 Å². The molecule has 0 amide bonds. The number of nitrogens with zero attached hydrogens (tertiary/aromatic N) is 3. The highest BCUT2D eigenvalue weighted by Gasteiger charge is 2.11. The van der Waals surface area contributed by atoms with E-state index in [0.29, 0.717) is 11.3 Å². The molecule has 0 aliphatic rings. The highest BCUT2D eigenvalue weighted by molar-refractivity contribution is 7.98. The van der Waals surface area contributed by atoms with Gasteiger partial charge in [0.1, 0.15) is 5.58 Å². The van der Waals surface area contributed by atoms with E-state index in [1.807, 2.05) is 41.8 Å². The Bertz CT molecular complexity index is 1110. The molecule has 0 bridgehead atoms. The molecular formula is C18H15N3O2S. The van der Waals surface area contributed by atoms with Crippen molar-refractivity contribution >= 4 is 28.4 Å². The smallest absolute Gasteiger partial charge is 0.336 e. The summed E-state index contributed by atoms with van der Waals surface area (Å²) < 4.78 is 7.29. The zero-order chi connectivity index (χ0) is 16.7. The number of hydrogen-bond donors (Lipinski definition) is 0. The van der Waals surface area contributed by atoms with E-state index in [1.165, 1.54) is 5.56 Å². The first kappa shape index (κ1) is 15.0. The van der Waals surface area contributed by atoms with Gasteiger partial charge in [-0.2, -0.15) is 0 Å². The monoisotopic (exact) mass is 337 g/mol. The van der Waals surface area contributed by atoms with E-state index in [1.54, 1.807) is 17.8 Å². The van der Waals surface area contributed by atoms with Crippen molar-refractivity contribution in [2.24, 2.45) is 0 Å². The third kappa shape index (κ3) is 2.59. The average molecular weight is 337 g/mol. The minimum Gasteiger partial charge on any atom is -0.423 e. The van der Waals surface area contributed by atoms with Crippen LogP contribution in [0, 0.1) is 13.8 Å². The van der Waals surface area contributed by atoms with Crippen LogP contribution in [0.3, 0.4) is 0 Å². The number of fused-ring (bicyclic) bond motifs is 2. The first-order valence-corrected chi connectivity index (χ1v) is 8.57. The van der Waals surface area contributed by atoms with Crippen molar-refractivity contribution in [3.63, 3.8) is 0 Å². The first-order chi connectivity index (χ1) is 11.6. The number of aryl methyl sites for hydroxylation is 2. The zero-order valence-electron chi connectivity index (χ0n) is 13.3. The number of thioether (sulfide) groups is 1. The molecule has 3 aromatic heterocycles. The lowest BCUT2D eigenvalue weighted by molar-refractivity contribution is 0.559. The van der Waals surface area contributed by atoms with Crippen molar-refractivity contribution in [1.82, 2.24) is 14.6 Å². The lowest BCUT2D eigenvalue weighted by Gasteiger charge is -2.07. The van der Waals surface area contributed by atoms with Crippen LogP contribution in [0.1, 0.15) is 16.7 Å². The zero-order valence-corrected chi connectivity index (χ0v) is 14.1. The second-order valence-corrected chi connectivity index (χ2v) is 6.67. The maximum Gasteiger partial charge on any atom is 0.336 e. The Kier molecular flexibility index (Phi) is 3.61. The Morgan fingerprint density at radius 3 is 2.83 bits per heavy atom. The van der Waals surface area contributed by atoms with Gasteiger partial charge < -0.3 is 4.42 Å². The van der Waals surface area contributed by atoms with Gasteiger partial charge in [-0.05, 0) is 54.8 Å². The Morgan fingerprint density at radius 1 is 1.12 bits per heavy atom. The van der Waals surface area contributed by atoms with Gasteiger partial charge in [-0.3, -0.25) is 4.40 Å². The van der Waals surface area contributed by atoms with Crippen LogP contribution in [0.15, 0.2) is 57.0 Å². The quantitative estimate of drug-likeness (QED) is 0.421. The normalized spacial score (nSPS) is 11.4. The van der Waals surface area contributed by atoms with Gasteiger partial charge in [0.2, 0.25) is 0 Å². The van der Waals surface area contributed by atoms with Crippen molar-refractivity contribution in [3.05, 3.63) is 69.7 Å². The van der Waals surface area contributed by atoms with Gasteiger partial charge in [-0.1, -0.05) is 17.8 Å². The van der Waals surface area contributed by atoms with E-state index in [2.05, 4.69) is 23.2 Å². The molecule has 24 heavy (non-hydrogen) atoms. The van der Waals surface area contributed by atoms with Crippen molar-refractivity contribution in [1.29, 1.82) is 0 Å². The van der Waals surface area contributed by atoms with Gasteiger partial charge in [-0.15, -0.1) is 10.2 Å². The molecule has 0 atom stereocenters. The molecule has 1 aromatic carbocycles. The molecule has 4 aromatic rings. The standard InChI is InChI=1S/C18H15N3O2S/c1-11-7-14-13(9-17(22)23-15(14)8-12(11)2)10-24-18-20-19-16-5-3-4-6-21(16)18/h3-9H,10H2,1-2H3. The molecule has 0 aliphatic carbocycles. The molecule has 0 saturated carbocycles. The second-order valence-electron chi connectivity index (χ2n) is 5.72. The third-order valence-corrected chi connectivity index (χ3v) is 5.08. The molecule has 5 nitrogen and oxygen atoms in total. The van der Waals surface area contributed by atoms with Crippen LogP contribution in [0.5, 0.6) is 0 Å². The molecule has 0 N–H and O–H groups in total. The molecule has 0 radical (unpaired) electrons. The molecule has 3 heterocycles. The molecule has 0 saturated heterocycles. The van der Waals surface area contributed by atoms with E-state index in [0.717, 1.165) is 27.3 Å². The highest BCUT2D eigenvalue weighted by atomic mass is 32.2. The van der Waals surface area contributed by atoms with Crippen molar-refractivity contribution < 1.29 is 4.42 Å². The second kappa shape index (κ2) is 5.79. The molecule has 120 valence electrons. The largest absolute Gasteiger partial charge is 0.423 e. The predicted octanol–water partition coefficient (Wildman–Crippen LogP) is 3.74. The number of benzene rings is 1. The topological polar surface area (TPSA) is 60.4 Å². The predicted molar refractivity (Wildman–Crippen MR) is 94.5 cm³/mol. The summed E-state index contributed by atoms with van der Waals surface area (Å²) in [7, 11) is 0. The van der Waals surface area contributed by atoms with Gasteiger partial charge in [0.25, 0.3) is 0 Å². The summed E-state index contributed by atoms with van der Waals surface area (Å²) in [4.78, 5) is 11.9. The van der Waals surface area contributed by atoms with Gasteiger partial charge in [0, 0.05) is 23.4 Å². The summed E-state index contributed by atoms with van der Waals surface area (Å²) >= 11 is 1.55. The SMILES string of the molecule is Cc1cc2oc(=O)cc(CSc3nnc4ccccn34)c2cc1C. The van der Waals surface area contributed by atoms with Crippen LogP contribution in [0.25, 0.3) is 16.6 Å². The van der Waals surface area contributed by atoms with E-state index in [9.17, 15) is 4.79 Å². The fourth-order valence-electron chi connectivity index (χ4n) is 2.66. The summed E-state index contributed by atoms with van der Waals surface area (Å²) in [5, 5.41) is 10.1. The Hall–Kier alpha value is -2.60. The lowest BCUT2D eigenvalue weighted by atomic mass is 10.0. The minimum atomic E-state index is -0.326. The Labute approximate surface area is 142 Å². The Balaban J connectivity index is 1.74. The molecule has 0 aliphatic heterocycles. The summed E-state index contributed by atoms with van der Waals surface area (Å²) in [5.41, 5.74) is 4.35. The average Bonchev–Trinajstić information content (AvgIpc) is 2.97. The molecular weight excluding hydrogens is 322 g/mol. The molecule has 0 fully saturated rings. The van der Waals surface area contributed by atoms with E-state index < -0.39 is 0 Å². The summed E-state index contributed by atoms with van der Waals surface area (Å²) in [6, 6.07) is 11.3.